The van der Waals surface area contributed by atoms with E-state index in [1.165, 1.54) is 0 Å². The molecule has 2 aliphatic rings. The zero-order valence-corrected chi connectivity index (χ0v) is 11.4. The van der Waals surface area contributed by atoms with Crippen LogP contribution in [-0.2, 0) is 4.74 Å². The molecule has 2 fully saturated rings. The smallest absolute Gasteiger partial charge is 0.234 e. The van der Waals surface area contributed by atoms with Crippen molar-refractivity contribution in [3.63, 3.8) is 0 Å². The van der Waals surface area contributed by atoms with Gasteiger partial charge in [0.15, 0.2) is 5.82 Å². The Hall–Kier alpha value is -1.44. The van der Waals surface area contributed by atoms with Gasteiger partial charge in [-0.25, -0.2) is 0 Å². The van der Waals surface area contributed by atoms with E-state index in [2.05, 4.69) is 19.8 Å². The summed E-state index contributed by atoms with van der Waals surface area (Å²) >= 11 is 0. The van der Waals surface area contributed by atoms with Gasteiger partial charge in [-0.05, 0) is 0 Å². The maximum absolute atomic E-state index is 8.77. The lowest BCUT2D eigenvalue weighted by Gasteiger charge is -2.44. The monoisotopic (exact) mass is 280 g/mol. The number of piperazine rings is 1. The van der Waals surface area contributed by atoms with Crippen molar-refractivity contribution in [2.75, 3.05) is 57.5 Å². The van der Waals surface area contributed by atoms with Crippen LogP contribution in [0.3, 0.4) is 0 Å². The van der Waals surface area contributed by atoms with Crippen LogP contribution in [0.5, 0.6) is 5.88 Å². The minimum atomic E-state index is -0.0238. The molecule has 0 radical (unpaired) electrons. The van der Waals surface area contributed by atoms with E-state index in [0.717, 1.165) is 45.2 Å². The summed E-state index contributed by atoms with van der Waals surface area (Å²) in [5.74, 6) is 1.28. The Morgan fingerprint density at radius 2 is 2.30 bits per heavy atom. The van der Waals surface area contributed by atoms with E-state index in [4.69, 9.17) is 14.6 Å². The average molecular weight is 280 g/mol. The van der Waals surface area contributed by atoms with Crippen molar-refractivity contribution in [2.45, 2.75) is 6.04 Å². The average Bonchev–Trinajstić information content (AvgIpc) is 2.53. The van der Waals surface area contributed by atoms with Crippen LogP contribution in [0.1, 0.15) is 0 Å². The van der Waals surface area contributed by atoms with Gasteiger partial charge in [0.1, 0.15) is 6.61 Å². The van der Waals surface area contributed by atoms with Crippen molar-refractivity contribution in [2.24, 2.45) is 0 Å². The predicted octanol–water partition coefficient (Wildman–Crippen LogP) is -0.631. The Kier molecular flexibility index (Phi) is 4.29. The summed E-state index contributed by atoms with van der Waals surface area (Å²) < 4.78 is 10.9. The third-order valence-electron chi connectivity index (χ3n) is 3.70. The van der Waals surface area contributed by atoms with Crippen molar-refractivity contribution in [3.8, 4) is 5.88 Å². The number of aliphatic hydroxyl groups is 1. The van der Waals surface area contributed by atoms with Gasteiger partial charge >= 0.3 is 0 Å². The van der Waals surface area contributed by atoms with E-state index < -0.39 is 0 Å². The number of hydrogen-bond donors (Lipinski definition) is 1. The number of rotatable bonds is 4. The van der Waals surface area contributed by atoms with Gasteiger partial charge in [-0.2, -0.15) is 4.98 Å². The van der Waals surface area contributed by atoms with Crippen LogP contribution in [-0.4, -0.2) is 78.6 Å². The van der Waals surface area contributed by atoms with E-state index in [9.17, 15) is 0 Å². The quantitative estimate of drug-likeness (QED) is 0.787. The molecule has 7 nitrogen and oxygen atoms in total. The van der Waals surface area contributed by atoms with Gasteiger partial charge < -0.3 is 19.5 Å². The molecule has 2 aliphatic heterocycles. The SMILES string of the molecule is OCCOc1cncc(N2CCN3CCOCC3C2)n1. The topological polar surface area (TPSA) is 71.0 Å². The number of ether oxygens (including phenoxy) is 2. The van der Waals surface area contributed by atoms with Crippen LogP contribution < -0.4 is 9.64 Å². The molecule has 1 N–H and O–H groups in total. The second kappa shape index (κ2) is 6.34. The molecule has 1 aromatic heterocycles. The number of anilines is 1. The second-order valence-electron chi connectivity index (χ2n) is 5.00. The molecule has 0 saturated carbocycles. The number of fused-ring (bicyclic) bond motifs is 1. The Morgan fingerprint density at radius 3 is 3.20 bits per heavy atom. The normalized spacial score (nSPS) is 23.4. The number of nitrogens with zero attached hydrogens (tertiary/aromatic N) is 4. The molecule has 0 amide bonds. The standard InChI is InChI=1S/C13H20N4O3/c18-4-6-20-13-8-14-7-12(15-13)17-2-1-16-3-5-19-10-11(16)9-17/h7-8,11,18H,1-6,9-10H2. The van der Waals surface area contributed by atoms with Crippen molar-refractivity contribution < 1.29 is 14.6 Å². The summed E-state index contributed by atoms with van der Waals surface area (Å²) in [6, 6.07) is 0.432. The zero-order chi connectivity index (χ0) is 13.8. The highest BCUT2D eigenvalue weighted by Crippen LogP contribution is 2.20. The van der Waals surface area contributed by atoms with Crippen molar-refractivity contribution in [3.05, 3.63) is 12.4 Å². The van der Waals surface area contributed by atoms with Crippen LogP contribution in [0.4, 0.5) is 5.82 Å². The van der Waals surface area contributed by atoms with Crippen molar-refractivity contribution >= 4 is 5.82 Å². The summed E-state index contributed by atoms with van der Waals surface area (Å²) in [6.07, 6.45) is 3.32. The summed E-state index contributed by atoms with van der Waals surface area (Å²) in [5.41, 5.74) is 0. The third-order valence-corrected chi connectivity index (χ3v) is 3.70. The first-order valence-electron chi connectivity index (χ1n) is 6.99. The Bertz CT molecular complexity index is 445. The zero-order valence-electron chi connectivity index (χ0n) is 11.4. The van der Waals surface area contributed by atoms with E-state index in [1.807, 2.05) is 0 Å². The molecule has 20 heavy (non-hydrogen) atoms. The van der Waals surface area contributed by atoms with Gasteiger partial charge in [0.05, 0.1) is 38.3 Å². The van der Waals surface area contributed by atoms with E-state index in [0.29, 0.717) is 11.9 Å². The lowest BCUT2D eigenvalue weighted by atomic mass is 10.1. The van der Waals surface area contributed by atoms with Gasteiger partial charge in [0.2, 0.25) is 5.88 Å². The third kappa shape index (κ3) is 3.00. The first-order chi connectivity index (χ1) is 9.86. The summed E-state index contributed by atoms with van der Waals surface area (Å²) in [7, 11) is 0. The largest absolute Gasteiger partial charge is 0.474 e. The molecule has 2 saturated heterocycles. The minimum Gasteiger partial charge on any atom is -0.474 e. The first kappa shape index (κ1) is 13.5. The van der Waals surface area contributed by atoms with Crippen molar-refractivity contribution in [1.29, 1.82) is 0 Å². The van der Waals surface area contributed by atoms with Crippen molar-refractivity contribution in [1.82, 2.24) is 14.9 Å². The van der Waals surface area contributed by atoms with Crippen LogP contribution >= 0.6 is 0 Å². The van der Waals surface area contributed by atoms with Gasteiger partial charge in [-0.15, -0.1) is 0 Å². The molecular formula is C13H20N4O3. The summed E-state index contributed by atoms with van der Waals surface area (Å²) in [6.45, 7) is 5.71. The second-order valence-corrected chi connectivity index (χ2v) is 5.00. The van der Waals surface area contributed by atoms with Gasteiger partial charge in [0.25, 0.3) is 0 Å². The highest BCUT2D eigenvalue weighted by atomic mass is 16.5. The molecule has 0 aliphatic carbocycles. The van der Waals surface area contributed by atoms with Crippen LogP contribution in [0, 0.1) is 0 Å². The lowest BCUT2D eigenvalue weighted by Crippen LogP contribution is -2.58. The molecule has 1 atom stereocenters. The predicted molar refractivity (Wildman–Crippen MR) is 73.0 cm³/mol. The Morgan fingerprint density at radius 1 is 1.35 bits per heavy atom. The minimum absolute atomic E-state index is 0.0238. The maximum atomic E-state index is 8.77. The molecule has 0 spiro atoms. The van der Waals surface area contributed by atoms with Gasteiger partial charge in [-0.1, -0.05) is 0 Å². The molecule has 0 aromatic carbocycles. The highest BCUT2D eigenvalue weighted by molar-refractivity contribution is 5.38. The lowest BCUT2D eigenvalue weighted by molar-refractivity contribution is -0.0118. The Balaban J connectivity index is 1.66. The molecular weight excluding hydrogens is 260 g/mol. The van der Waals surface area contributed by atoms with E-state index in [1.54, 1.807) is 12.4 Å². The number of aliphatic hydroxyl groups excluding tert-OH is 1. The number of hydrogen-bond acceptors (Lipinski definition) is 7. The van der Waals surface area contributed by atoms with Gasteiger partial charge in [-0.3, -0.25) is 9.88 Å². The fraction of sp³-hybridized carbons (Fsp3) is 0.692. The molecule has 1 aromatic rings. The summed E-state index contributed by atoms with van der Waals surface area (Å²) in [4.78, 5) is 13.3. The van der Waals surface area contributed by atoms with E-state index in [-0.39, 0.29) is 13.2 Å². The number of morpholine rings is 1. The molecule has 1 unspecified atom stereocenters. The fourth-order valence-corrected chi connectivity index (χ4v) is 2.67. The van der Waals surface area contributed by atoms with E-state index >= 15 is 0 Å². The van der Waals surface area contributed by atoms with Crippen LogP contribution in [0.15, 0.2) is 12.4 Å². The Labute approximate surface area is 118 Å². The molecule has 3 rings (SSSR count). The first-order valence-corrected chi connectivity index (χ1v) is 6.99. The molecule has 110 valence electrons. The fourth-order valence-electron chi connectivity index (χ4n) is 2.67. The number of aromatic nitrogens is 2. The van der Waals surface area contributed by atoms with Crippen LogP contribution in [0.25, 0.3) is 0 Å². The molecule has 7 heteroatoms. The van der Waals surface area contributed by atoms with Crippen LogP contribution in [0.2, 0.25) is 0 Å². The molecule has 0 bridgehead atoms. The van der Waals surface area contributed by atoms with Gasteiger partial charge in [0, 0.05) is 26.2 Å². The highest BCUT2D eigenvalue weighted by Gasteiger charge is 2.30. The maximum Gasteiger partial charge on any atom is 0.234 e. The summed E-state index contributed by atoms with van der Waals surface area (Å²) in [5, 5.41) is 8.77. The molecule has 3 heterocycles.